The number of alkyl carbamates (subject to hydrolysis) is 1. The molecular weight excluding hydrogens is 420 g/mol. The molecule has 2 rings (SSSR count). The Morgan fingerprint density at radius 1 is 1.03 bits per heavy atom. The number of nitrogens with one attached hydrogen (secondary N) is 2. The van der Waals surface area contributed by atoms with Gasteiger partial charge >= 0.3 is 12.1 Å². The molecule has 2 amide bonds. The molecule has 1 atom stereocenters. The van der Waals surface area contributed by atoms with E-state index in [4.69, 9.17) is 9.47 Å². The van der Waals surface area contributed by atoms with E-state index >= 15 is 0 Å². The molecule has 1 aliphatic carbocycles. The second kappa shape index (κ2) is 12.1. The second-order valence-corrected chi connectivity index (χ2v) is 10.5. The van der Waals surface area contributed by atoms with Gasteiger partial charge in [-0.2, -0.15) is 0 Å². The Kier molecular flexibility index (Phi) is 9.74. The maximum Gasteiger partial charge on any atom is 0.408 e. The zero-order valence-corrected chi connectivity index (χ0v) is 20.7. The van der Waals surface area contributed by atoms with Crippen LogP contribution in [0.15, 0.2) is 30.3 Å². The van der Waals surface area contributed by atoms with Gasteiger partial charge in [0.1, 0.15) is 18.2 Å². The van der Waals surface area contributed by atoms with E-state index in [1.54, 1.807) is 0 Å². The average Bonchev–Trinajstić information content (AvgIpc) is 2.70. The molecule has 1 saturated carbocycles. The molecule has 1 aromatic carbocycles. The summed E-state index contributed by atoms with van der Waals surface area (Å²) >= 11 is 0. The highest BCUT2D eigenvalue weighted by atomic mass is 16.6. The molecule has 0 aliphatic heterocycles. The van der Waals surface area contributed by atoms with E-state index in [0.29, 0.717) is 19.3 Å². The first-order chi connectivity index (χ1) is 15.5. The van der Waals surface area contributed by atoms with Crippen molar-refractivity contribution in [3.8, 4) is 0 Å². The number of hydrogen-bond donors (Lipinski definition) is 2. The summed E-state index contributed by atoms with van der Waals surface area (Å²) < 4.78 is 10.9. The van der Waals surface area contributed by atoms with E-state index in [-0.39, 0.29) is 24.9 Å². The number of benzene rings is 1. The van der Waals surface area contributed by atoms with Crippen molar-refractivity contribution in [1.82, 2.24) is 10.6 Å². The number of carbonyl (C=O) groups is 3. The van der Waals surface area contributed by atoms with Crippen molar-refractivity contribution in [1.29, 1.82) is 0 Å². The minimum Gasteiger partial charge on any atom is -0.459 e. The van der Waals surface area contributed by atoms with E-state index in [1.165, 1.54) is 0 Å². The highest BCUT2D eigenvalue weighted by Gasteiger charge is 2.38. The minimum atomic E-state index is -0.733. The summed E-state index contributed by atoms with van der Waals surface area (Å²) in [5.74, 6) is -0.517. The third kappa shape index (κ3) is 9.84. The fourth-order valence-electron chi connectivity index (χ4n) is 4.16. The molecule has 2 N–H and O–H groups in total. The molecule has 184 valence electrons. The van der Waals surface area contributed by atoms with E-state index in [1.807, 2.05) is 65.0 Å². The quantitative estimate of drug-likeness (QED) is 0.512. The van der Waals surface area contributed by atoms with Crippen LogP contribution in [0.1, 0.15) is 85.1 Å². The van der Waals surface area contributed by atoms with Crippen molar-refractivity contribution in [3.05, 3.63) is 35.9 Å². The Bertz CT molecular complexity index is 780. The van der Waals surface area contributed by atoms with Gasteiger partial charge in [-0.25, -0.2) is 9.59 Å². The van der Waals surface area contributed by atoms with Gasteiger partial charge in [0.2, 0.25) is 5.91 Å². The van der Waals surface area contributed by atoms with Crippen molar-refractivity contribution in [3.63, 3.8) is 0 Å². The van der Waals surface area contributed by atoms with Gasteiger partial charge in [-0.15, -0.1) is 0 Å². The van der Waals surface area contributed by atoms with Gasteiger partial charge in [-0.05, 0) is 51.5 Å². The Morgan fingerprint density at radius 2 is 1.67 bits per heavy atom. The van der Waals surface area contributed by atoms with Crippen molar-refractivity contribution >= 4 is 18.0 Å². The molecule has 0 spiro atoms. The van der Waals surface area contributed by atoms with Gasteiger partial charge in [0, 0.05) is 6.42 Å². The summed E-state index contributed by atoms with van der Waals surface area (Å²) in [5.41, 5.74) is -0.392. The molecule has 0 aromatic heterocycles. The molecule has 0 saturated heterocycles. The zero-order valence-electron chi connectivity index (χ0n) is 20.7. The van der Waals surface area contributed by atoms with Gasteiger partial charge in [0.15, 0.2) is 0 Å². The standard InChI is InChI=1S/C26H40N2O5/c1-19(2)16-21(23(30)32-18-20-12-8-6-9-13-20)27-22(29)17-26(14-10-7-11-15-26)28-24(31)33-25(3,4)5/h6,8-9,12-13,19,21H,7,10-11,14-18H2,1-5H3,(H,27,29)(H,28,31)/t21-/m0/s1. The van der Waals surface area contributed by atoms with Gasteiger partial charge in [-0.1, -0.05) is 63.4 Å². The molecule has 0 radical (unpaired) electrons. The Labute approximate surface area is 198 Å². The summed E-state index contributed by atoms with van der Waals surface area (Å²) in [5, 5.41) is 5.84. The number of amides is 2. The lowest BCUT2D eigenvalue weighted by atomic mass is 9.79. The van der Waals surface area contributed by atoms with Crippen molar-refractivity contribution in [2.24, 2.45) is 5.92 Å². The second-order valence-electron chi connectivity index (χ2n) is 10.5. The highest BCUT2D eigenvalue weighted by Crippen LogP contribution is 2.31. The number of rotatable bonds is 9. The Balaban J connectivity index is 2.02. The summed E-state index contributed by atoms with van der Waals surface area (Å²) in [6, 6.07) is 8.72. The maximum absolute atomic E-state index is 13.0. The molecule has 1 aliphatic rings. The molecule has 7 nitrogen and oxygen atoms in total. The van der Waals surface area contributed by atoms with Crippen LogP contribution in [0.5, 0.6) is 0 Å². The fourth-order valence-corrected chi connectivity index (χ4v) is 4.16. The fraction of sp³-hybridized carbons (Fsp3) is 0.654. The summed E-state index contributed by atoms with van der Waals surface area (Å²) in [7, 11) is 0. The molecule has 0 heterocycles. The monoisotopic (exact) mass is 460 g/mol. The van der Waals surface area contributed by atoms with Crippen LogP contribution in [0.3, 0.4) is 0 Å². The Hall–Kier alpha value is -2.57. The van der Waals surface area contributed by atoms with E-state index in [0.717, 1.165) is 24.8 Å². The number of carbonyl (C=O) groups excluding carboxylic acids is 3. The Morgan fingerprint density at radius 3 is 2.24 bits per heavy atom. The van der Waals surface area contributed by atoms with E-state index in [9.17, 15) is 14.4 Å². The summed E-state index contributed by atoms with van der Waals surface area (Å²) in [4.78, 5) is 38.3. The predicted molar refractivity (Wildman–Crippen MR) is 127 cm³/mol. The molecule has 1 aromatic rings. The molecule has 0 bridgehead atoms. The normalized spacial score (nSPS) is 16.5. The molecule has 0 unspecified atom stereocenters. The number of hydrogen-bond acceptors (Lipinski definition) is 5. The van der Waals surface area contributed by atoms with Crippen LogP contribution in [-0.2, 0) is 25.7 Å². The van der Waals surface area contributed by atoms with Crippen LogP contribution in [0.2, 0.25) is 0 Å². The summed E-state index contributed by atoms with van der Waals surface area (Å²) in [6.45, 7) is 9.58. The first-order valence-electron chi connectivity index (χ1n) is 12.0. The molecule has 7 heteroatoms. The van der Waals surface area contributed by atoms with Crippen LogP contribution in [-0.4, -0.2) is 35.2 Å². The maximum atomic E-state index is 13.0. The molecule has 33 heavy (non-hydrogen) atoms. The number of esters is 1. The van der Waals surface area contributed by atoms with Crippen molar-refractivity contribution in [2.75, 3.05) is 0 Å². The third-order valence-corrected chi connectivity index (χ3v) is 5.63. The lowest BCUT2D eigenvalue weighted by molar-refractivity contribution is -0.149. The largest absolute Gasteiger partial charge is 0.459 e. The topological polar surface area (TPSA) is 93.7 Å². The average molecular weight is 461 g/mol. The van der Waals surface area contributed by atoms with Crippen LogP contribution in [0.25, 0.3) is 0 Å². The van der Waals surface area contributed by atoms with Crippen LogP contribution in [0, 0.1) is 5.92 Å². The lowest BCUT2D eigenvalue weighted by Crippen LogP contribution is -2.54. The van der Waals surface area contributed by atoms with Crippen LogP contribution >= 0.6 is 0 Å². The van der Waals surface area contributed by atoms with Crippen molar-refractivity contribution in [2.45, 2.75) is 103 Å². The third-order valence-electron chi connectivity index (χ3n) is 5.63. The highest BCUT2D eigenvalue weighted by molar-refractivity contribution is 5.85. The zero-order chi connectivity index (χ0) is 24.5. The number of ether oxygens (including phenoxy) is 2. The van der Waals surface area contributed by atoms with Crippen LogP contribution in [0.4, 0.5) is 4.79 Å². The van der Waals surface area contributed by atoms with E-state index in [2.05, 4.69) is 10.6 Å². The van der Waals surface area contributed by atoms with Gasteiger partial charge in [0.25, 0.3) is 0 Å². The van der Waals surface area contributed by atoms with Crippen LogP contribution < -0.4 is 10.6 Å². The van der Waals surface area contributed by atoms with E-state index < -0.39 is 29.2 Å². The lowest BCUT2D eigenvalue weighted by Gasteiger charge is -2.38. The van der Waals surface area contributed by atoms with Gasteiger partial charge < -0.3 is 20.1 Å². The minimum absolute atomic E-state index is 0.104. The first kappa shape index (κ1) is 26.7. The van der Waals surface area contributed by atoms with Gasteiger partial charge in [0.05, 0.1) is 5.54 Å². The smallest absolute Gasteiger partial charge is 0.408 e. The SMILES string of the molecule is CC(C)C[C@H](NC(=O)CC1(NC(=O)OC(C)(C)C)CCCCC1)C(=O)OCc1ccccc1. The molecular formula is C26H40N2O5. The summed E-state index contributed by atoms with van der Waals surface area (Å²) in [6.07, 6.45) is 4.40. The molecule has 1 fully saturated rings. The first-order valence-corrected chi connectivity index (χ1v) is 12.0. The van der Waals surface area contributed by atoms with Gasteiger partial charge in [-0.3, -0.25) is 4.79 Å². The predicted octanol–water partition coefficient (Wildman–Crippen LogP) is 4.88. The van der Waals surface area contributed by atoms with Crippen molar-refractivity contribution < 1.29 is 23.9 Å².